The van der Waals surface area contributed by atoms with Gasteiger partial charge in [-0.25, -0.2) is 26.3 Å². The fraction of sp³-hybridized carbons (Fsp3) is 0. The van der Waals surface area contributed by atoms with E-state index >= 15 is 0 Å². The van der Waals surface area contributed by atoms with Crippen LogP contribution in [-0.4, -0.2) is 40.7 Å². The predicted octanol–water partition coefficient (Wildman–Crippen LogP) is 4.27. The van der Waals surface area contributed by atoms with Crippen molar-refractivity contribution in [2.24, 2.45) is 0 Å². The summed E-state index contributed by atoms with van der Waals surface area (Å²) in [5.74, 6) is -3.75. The lowest BCUT2D eigenvalue weighted by Gasteiger charge is -2.16. The van der Waals surface area contributed by atoms with Crippen molar-refractivity contribution in [1.82, 2.24) is 9.44 Å². The molecule has 0 unspecified atom stereocenters. The highest BCUT2D eigenvalue weighted by Crippen LogP contribution is 2.25. The zero-order valence-electron chi connectivity index (χ0n) is 21.1. The molecule has 2 amide bonds. The lowest BCUT2D eigenvalue weighted by atomic mass is 9.90. The third kappa shape index (κ3) is 6.58. The quantitative estimate of drug-likeness (QED) is 0.202. The van der Waals surface area contributed by atoms with Gasteiger partial charge in [0, 0.05) is 26.7 Å². The summed E-state index contributed by atoms with van der Waals surface area (Å²) in [7, 11) is -9.12. The molecule has 42 heavy (non-hydrogen) atoms. The lowest BCUT2D eigenvalue weighted by Crippen LogP contribution is -2.36. The minimum atomic E-state index is -4.60. The highest BCUT2D eigenvalue weighted by Gasteiger charge is 2.32. The second-order valence-corrected chi connectivity index (χ2v) is 12.8. The number of ketones is 1. The van der Waals surface area contributed by atoms with Gasteiger partial charge in [-0.15, -0.1) is 0 Å². The van der Waals surface area contributed by atoms with Gasteiger partial charge in [0.2, 0.25) is 0 Å². The molecule has 10 nitrogen and oxygen atoms in total. The minimum Gasteiger partial charge on any atom is -0.298 e. The summed E-state index contributed by atoms with van der Waals surface area (Å²) in [6.45, 7) is 0. The summed E-state index contributed by atoms with van der Waals surface area (Å²) < 4.78 is 55.4. The molecule has 214 valence electrons. The molecular weight excluding hydrogens is 627 g/mol. The summed E-state index contributed by atoms with van der Waals surface area (Å²) in [4.78, 5) is 51.8. The Kier molecular flexibility index (Phi) is 8.92. The molecule has 0 atom stereocenters. The number of carbonyl (C=O) groups excluding carboxylic acids is 4. The SMILES string of the molecule is O=Cc1ccc(C(=O)NS(=O)(=O)c2ccc(Cl)cc2)c(C(=O)NS(=O)(=O)c2ccc(Cl)cc2)c1C(=O)c1ccccc1. The van der Waals surface area contributed by atoms with E-state index in [9.17, 15) is 36.0 Å². The van der Waals surface area contributed by atoms with E-state index in [0.717, 1.165) is 36.4 Å². The van der Waals surface area contributed by atoms with Crippen molar-refractivity contribution < 1.29 is 36.0 Å². The van der Waals surface area contributed by atoms with Gasteiger partial charge in [-0.1, -0.05) is 59.6 Å². The zero-order valence-corrected chi connectivity index (χ0v) is 24.2. The Labute approximate surface area is 250 Å². The molecule has 0 aliphatic carbocycles. The van der Waals surface area contributed by atoms with Crippen LogP contribution in [0.15, 0.2) is 101 Å². The van der Waals surface area contributed by atoms with Crippen molar-refractivity contribution in [1.29, 1.82) is 0 Å². The van der Waals surface area contributed by atoms with Gasteiger partial charge in [0.25, 0.3) is 31.9 Å². The van der Waals surface area contributed by atoms with Crippen molar-refractivity contribution in [2.75, 3.05) is 0 Å². The Morgan fingerprint density at radius 1 is 0.595 bits per heavy atom. The molecule has 4 aromatic carbocycles. The average molecular weight is 645 g/mol. The first-order valence-corrected chi connectivity index (χ1v) is 15.4. The van der Waals surface area contributed by atoms with Crippen LogP contribution in [0.5, 0.6) is 0 Å². The molecule has 0 spiro atoms. The van der Waals surface area contributed by atoms with E-state index < -0.39 is 54.3 Å². The Bertz CT molecular complexity index is 1930. The van der Waals surface area contributed by atoms with Crippen LogP contribution in [0, 0.1) is 0 Å². The Morgan fingerprint density at radius 2 is 1.07 bits per heavy atom. The van der Waals surface area contributed by atoms with Gasteiger partial charge in [0.15, 0.2) is 12.1 Å². The first-order valence-electron chi connectivity index (χ1n) is 11.7. The summed E-state index contributed by atoms with van der Waals surface area (Å²) >= 11 is 11.6. The van der Waals surface area contributed by atoms with Crippen LogP contribution in [0.25, 0.3) is 0 Å². The normalized spacial score (nSPS) is 11.4. The number of amides is 2. The van der Waals surface area contributed by atoms with E-state index in [1.165, 1.54) is 48.5 Å². The van der Waals surface area contributed by atoms with Crippen molar-refractivity contribution >= 4 is 67.1 Å². The van der Waals surface area contributed by atoms with Crippen LogP contribution in [0.1, 0.15) is 47.0 Å². The maximum Gasteiger partial charge on any atom is 0.266 e. The number of aldehydes is 1. The average Bonchev–Trinajstić information content (AvgIpc) is 2.96. The molecule has 2 N–H and O–H groups in total. The van der Waals surface area contributed by atoms with Crippen LogP contribution in [0.2, 0.25) is 10.0 Å². The van der Waals surface area contributed by atoms with Crippen LogP contribution in [0.3, 0.4) is 0 Å². The van der Waals surface area contributed by atoms with Crippen LogP contribution in [0.4, 0.5) is 0 Å². The molecule has 0 bridgehead atoms. The van der Waals surface area contributed by atoms with Gasteiger partial charge >= 0.3 is 0 Å². The lowest BCUT2D eigenvalue weighted by molar-refractivity contribution is 0.0940. The minimum absolute atomic E-state index is 0.00144. The molecule has 0 heterocycles. The van der Waals surface area contributed by atoms with Gasteiger partial charge in [0.1, 0.15) is 0 Å². The van der Waals surface area contributed by atoms with Gasteiger partial charge < -0.3 is 0 Å². The molecule has 0 radical (unpaired) electrons. The maximum absolute atomic E-state index is 13.6. The summed E-state index contributed by atoms with van der Waals surface area (Å²) in [5.41, 5.74) is -2.50. The van der Waals surface area contributed by atoms with Gasteiger partial charge in [-0.05, 0) is 54.6 Å². The molecule has 0 aliphatic heterocycles. The largest absolute Gasteiger partial charge is 0.298 e. The smallest absolute Gasteiger partial charge is 0.266 e. The van der Waals surface area contributed by atoms with Crippen LogP contribution >= 0.6 is 23.2 Å². The predicted molar refractivity (Wildman–Crippen MR) is 154 cm³/mol. The number of rotatable bonds is 9. The molecule has 4 aromatic rings. The highest BCUT2D eigenvalue weighted by molar-refractivity contribution is 7.90. The molecule has 0 saturated heterocycles. The summed E-state index contributed by atoms with van der Waals surface area (Å²) in [5, 5.41) is 0.449. The van der Waals surface area contributed by atoms with Crippen molar-refractivity contribution in [3.8, 4) is 0 Å². The fourth-order valence-electron chi connectivity index (χ4n) is 3.82. The number of hydrogen-bond donors (Lipinski definition) is 2. The number of halogens is 2. The number of nitrogens with one attached hydrogen (secondary N) is 2. The number of sulfonamides is 2. The topological polar surface area (TPSA) is 161 Å². The van der Waals surface area contributed by atoms with Crippen molar-refractivity contribution in [3.05, 3.63) is 129 Å². The number of hydrogen-bond acceptors (Lipinski definition) is 8. The fourth-order valence-corrected chi connectivity index (χ4v) is 5.99. The third-order valence-corrected chi connectivity index (χ3v) is 9.00. The molecule has 0 saturated carbocycles. The Balaban J connectivity index is 1.87. The van der Waals surface area contributed by atoms with E-state index in [2.05, 4.69) is 0 Å². The van der Waals surface area contributed by atoms with E-state index in [4.69, 9.17) is 23.2 Å². The van der Waals surface area contributed by atoms with Gasteiger partial charge in [0.05, 0.1) is 20.9 Å². The van der Waals surface area contributed by atoms with Gasteiger partial charge in [-0.3, -0.25) is 19.2 Å². The summed E-state index contributed by atoms with van der Waals surface area (Å²) in [6.07, 6.45) is 0.243. The van der Waals surface area contributed by atoms with Crippen LogP contribution in [-0.2, 0) is 20.0 Å². The molecule has 4 rings (SSSR count). The molecule has 0 fully saturated rings. The van der Waals surface area contributed by atoms with Crippen LogP contribution < -0.4 is 9.44 Å². The Hall–Kier alpha value is -4.36. The highest BCUT2D eigenvalue weighted by atomic mass is 35.5. The zero-order chi connectivity index (χ0) is 30.7. The first kappa shape index (κ1) is 30.6. The van der Waals surface area contributed by atoms with Crippen molar-refractivity contribution in [2.45, 2.75) is 9.79 Å². The monoisotopic (exact) mass is 644 g/mol. The molecule has 0 aromatic heterocycles. The first-order chi connectivity index (χ1) is 19.8. The molecular formula is C28H18Cl2N2O8S2. The molecule has 14 heteroatoms. The van der Waals surface area contributed by atoms with Crippen molar-refractivity contribution in [3.63, 3.8) is 0 Å². The second kappa shape index (κ2) is 12.2. The van der Waals surface area contributed by atoms with E-state index in [1.807, 2.05) is 0 Å². The maximum atomic E-state index is 13.6. The third-order valence-electron chi connectivity index (χ3n) is 5.80. The van der Waals surface area contributed by atoms with E-state index in [1.54, 1.807) is 15.5 Å². The number of benzene rings is 4. The molecule has 0 aliphatic rings. The second-order valence-electron chi connectivity index (χ2n) is 8.54. The van der Waals surface area contributed by atoms with Gasteiger partial charge in [-0.2, -0.15) is 0 Å². The standard InChI is InChI=1S/C28H18Cl2N2O8S2/c29-19-7-11-21(12-8-19)41(37,38)31-27(35)23-15-6-18(16-33)24(26(34)17-4-2-1-3-5-17)25(23)28(36)32-42(39,40)22-13-9-20(30)10-14-22/h1-16H,(H,31,35)(H,32,36). The number of carbonyl (C=O) groups is 4. The van der Waals surface area contributed by atoms with E-state index in [-0.39, 0.29) is 37.2 Å². The Morgan fingerprint density at radius 3 is 1.55 bits per heavy atom. The summed E-state index contributed by atoms with van der Waals surface area (Å²) in [6, 6.07) is 18.9. The van der Waals surface area contributed by atoms with E-state index in [0.29, 0.717) is 0 Å².